The van der Waals surface area contributed by atoms with Crippen LogP contribution in [0.4, 0.5) is 5.69 Å². The lowest BCUT2D eigenvalue weighted by atomic mass is 10.2. The van der Waals surface area contributed by atoms with Crippen molar-refractivity contribution in [3.63, 3.8) is 0 Å². The highest BCUT2D eigenvalue weighted by Crippen LogP contribution is 2.20. The molecule has 0 aliphatic carbocycles. The molecule has 1 aromatic carbocycles. The third-order valence-corrected chi connectivity index (χ3v) is 2.02. The summed E-state index contributed by atoms with van der Waals surface area (Å²) in [6.45, 7) is -0.0713. The number of hydrogen-bond acceptors (Lipinski definition) is 2. The lowest BCUT2D eigenvalue weighted by Gasteiger charge is -2.04. The van der Waals surface area contributed by atoms with Crippen LogP contribution in [0.25, 0.3) is 10.9 Å². The number of carboxylic acids is 1. The minimum Gasteiger partial charge on any atom is -0.480 e. The number of aromatic nitrogens is 1. The molecule has 0 atom stereocenters. The first-order chi connectivity index (χ1) is 6.77. The van der Waals surface area contributed by atoms with Gasteiger partial charge in [0.15, 0.2) is 0 Å². The number of fused-ring (bicyclic) bond motifs is 1. The van der Waals surface area contributed by atoms with Gasteiger partial charge < -0.3 is 15.4 Å². The number of benzene rings is 1. The zero-order valence-electron chi connectivity index (χ0n) is 7.45. The van der Waals surface area contributed by atoms with E-state index in [1.807, 2.05) is 30.5 Å². The van der Waals surface area contributed by atoms with Crippen molar-refractivity contribution in [1.82, 2.24) is 4.98 Å². The fraction of sp³-hybridized carbons (Fsp3) is 0.100. The van der Waals surface area contributed by atoms with Crippen molar-refractivity contribution in [3.05, 3.63) is 30.5 Å². The summed E-state index contributed by atoms with van der Waals surface area (Å²) in [6.07, 6.45) is 1.83. The van der Waals surface area contributed by atoms with E-state index >= 15 is 0 Å². The Bertz CT molecular complexity index is 462. The van der Waals surface area contributed by atoms with Crippen LogP contribution in [0.1, 0.15) is 0 Å². The number of anilines is 1. The number of para-hydroxylation sites is 1. The molecular weight excluding hydrogens is 180 g/mol. The summed E-state index contributed by atoms with van der Waals surface area (Å²) in [5, 5.41) is 12.4. The van der Waals surface area contributed by atoms with Gasteiger partial charge in [0.05, 0.1) is 11.2 Å². The van der Waals surface area contributed by atoms with Gasteiger partial charge in [-0.25, -0.2) is 0 Å². The maximum absolute atomic E-state index is 10.4. The number of rotatable bonds is 3. The van der Waals surface area contributed by atoms with Crippen LogP contribution in [0, 0.1) is 0 Å². The molecular formula is C10H10N2O2. The Morgan fingerprint density at radius 3 is 3.07 bits per heavy atom. The molecule has 72 valence electrons. The summed E-state index contributed by atoms with van der Waals surface area (Å²) in [5.74, 6) is -0.867. The molecule has 0 saturated carbocycles. The Morgan fingerprint density at radius 1 is 1.43 bits per heavy atom. The van der Waals surface area contributed by atoms with Crippen molar-refractivity contribution < 1.29 is 9.90 Å². The average molecular weight is 190 g/mol. The van der Waals surface area contributed by atoms with Gasteiger partial charge in [0.25, 0.3) is 0 Å². The van der Waals surface area contributed by atoms with E-state index in [-0.39, 0.29) is 6.54 Å². The second-order valence-corrected chi connectivity index (χ2v) is 2.99. The second kappa shape index (κ2) is 3.41. The van der Waals surface area contributed by atoms with Crippen molar-refractivity contribution in [3.8, 4) is 0 Å². The zero-order valence-corrected chi connectivity index (χ0v) is 7.45. The third kappa shape index (κ3) is 1.54. The van der Waals surface area contributed by atoms with E-state index in [2.05, 4.69) is 10.3 Å². The molecule has 4 heteroatoms. The number of carbonyl (C=O) groups is 1. The molecule has 2 aromatic rings. The van der Waals surface area contributed by atoms with E-state index in [0.29, 0.717) is 0 Å². The molecule has 0 aliphatic heterocycles. The zero-order chi connectivity index (χ0) is 9.97. The van der Waals surface area contributed by atoms with Gasteiger partial charge in [-0.15, -0.1) is 0 Å². The van der Waals surface area contributed by atoms with Crippen molar-refractivity contribution in [2.24, 2.45) is 0 Å². The fourth-order valence-corrected chi connectivity index (χ4v) is 1.40. The predicted molar refractivity (Wildman–Crippen MR) is 54.4 cm³/mol. The Balaban J connectivity index is 2.32. The maximum atomic E-state index is 10.4. The van der Waals surface area contributed by atoms with Gasteiger partial charge in [-0.3, -0.25) is 4.79 Å². The molecule has 0 amide bonds. The van der Waals surface area contributed by atoms with E-state index in [1.54, 1.807) is 0 Å². The number of carboxylic acid groups (broad SMARTS) is 1. The van der Waals surface area contributed by atoms with Crippen LogP contribution in [-0.2, 0) is 4.79 Å². The van der Waals surface area contributed by atoms with Crippen molar-refractivity contribution in [1.29, 1.82) is 0 Å². The molecule has 1 heterocycles. The molecule has 2 rings (SSSR count). The molecule has 0 spiro atoms. The maximum Gasteiger partial charge on any atom is 0.322 e. The topological polar surface area (TPSA) is 65.1 Å². The van der Waals surface area contributed by atoms with Gasteiger partial charge in [-0.1, -0.05) is 12.1 Å². The molecule has 0 unspecified atom stereocenters. The van der Waals surface area contributed by atoms with Crippen LogP contribution in [0.2, 0.25) is 0 Å². The highest BCUT2D eigenvalue weighted by Gasteiger charge is 2.02. The SMILES string of the molecule is O=C(O)CNc1cccc2cc[nH]c12. The molecule has 0 saturated heterocycles. The molecule has 3 N–H and O–H groups in total. The van der Waals surface area contributed by atoms with E-state index in [9.17, 15) is 4.79 Å². The number of nitrogens with one attached hydrogen (secondary N) is 2. The van der Waals surface area contributed by atoms with Crippen molar-refractivity contribution >= 4 is 22.6 Å². The lowest BCUT2D eigenvalue weighted by Crippen LogP contribution is -2.12. The number of aliphatic carboxylic acids is 1. The molecule has 0 aliphatic rings. The summed E-state index contributed by atoms with van der Waals surface area (Å²) < 4.78 is 0. The van der Waals surface area contributed by atoms with E-state index < -0.39 is 5.97 Å². The third-order valence-electron chi connectivity index (χ3n) is 2.02. The summed E-state index contributed by atoms with van der Waals surface area (Å²) in [7, 11) is 0. The summed E-state index contributed by atoms with van der Waals surface area (Å²) in [4.78, 5) is 13.4. The molecule has 0 radical (unpaired) electrons. The average Bonchev–Trinajstić information content (AvgIpc) is 2.62. The van der Waals surface area contributed by atoms with Crippen LogP contribution < -0.4 is 5.32 Å². The first-order valence-corrected chi connectivity index (χ1v) is 4.29. The van der Waals surface area contributed by atoms with Crippen LogP contribution in [0.5, 0.6) is 0 Å². The van der Waals surface area contributed by atoms with Gasteiger partial charge >= 0.3 is 5.97 Å². The highest BCUT2D eigenvalue weighted by molar-refractivity contribution is 5.91. The predicted octanol–water partition coefficient (Wildman–Crippen LogP) is 1.66. The largest absolute Gasteiger partial charge is 0.480 e. The van der Waals surface area contributed by atoms with Gasteiger partial charge in [-0.05, 0) is 12.1 Å². The van der Waals surface area contributed by atoms with E-state index in [0.717, 1.165) is 16.6 Å². The number of H-pyrrole nitrogens is 1. The van der Waals surface area contributed by atoms with Gasteiger partial charge in [-0.2, -0.15) is 0 Å². The van der Waals surface area contributed by atoms with Crippen LogP contribution in [-0.4, -0.2) is 22.6 Å². The molecule has 0 bridgehead atoms. The molecule has 14 heavy (non-hydrogen) atoms. The minimum atomic E-state index is -0.867. The van der Waals surface area contributed by atoms with Gasteiger partial charge in [0, 0.05) is 11.6 Å². The smallest absolute Gasteiger partial charge is 0.322 e. The van der Waals surface area contributed by atoms with Gasteiger partial charge in [0.2, 0.25) is 0 Å². The summed E-state index contributed by atoms with van der Waals surface area (Å²) in [6, 6.07) is 7.65. The van der Waals surface area contributed by atoms with Crippen molar-refractivity contribution in [2.75, 3.05) is 11.9 Å². The fourth-order valence-electron chi connectivity index (χ4n) is 1.40. The van der Waals surface area contributed by atoms with Crippen LogP contribution in [0.15, 0.2) is 30.5 Å². The second-order valence-electron chi connectivity index (χ2n) is 2.99. The quantitative estimate of drug-likeness (QED) is 0.689. The van der Waals surface area contributed by atoms with Gasteiger partial charge in [0.1, 0.15) is 6.54 Å². The van der Waals surface area contributed by atoms with E-state index in [4.69, 9.17) is 5.11 Å². The van der Waals surface area contributed by atoms with Crippen LogP contribution >= 0.6 is 0 Å². The Kier molecular flexibility index (Phi) is 2.10. The Morgan fingerprint density at radius 2 is 2.29 bits per heavy atom. The first kappa shape index (κ1) is 8.62. The Labute approximate surface area is 80.6 Å². The monoisotopic (exact) mass is 190 g/mol. The minimum absolute atomic E-state index is 0.0713. The molecule has 4 nitrogen and oxygen atoms in total. The molecule has 0 fully saturated rings. The summed E-state index contributed by atoms with van der Waals surface area (Å²) in [5.41, 5.74) is 1.75. The van der Waals surface area contributed by atoms with Crippen molar-refractivity contribution in [2.45, 2.75) is 0 Å². The molecule has 1 aromatic heterocycles. The van der Waals surface area contributed by atoms with Crippen LogP contribution in [0.3, 0.4) is 0 Å². The normalized spacial score (nSPS) is 10.3. The van der Waals surface area contributed by atoms with E-state index in [1.165, 1.54) is 0 Å². The lowest BCUT2D eigenvalue weighted by molar-refractivity contribution is -0.134. The summed E-state index contributed by atoms with van der Waals surface area (Å²) >= 11 is 0. The number of hydrogen-bond donors (Lipinski definition) is 3. The Hall–Kier alpha value is -1.97. The number of aromatic amines is 1. The highest BCUT2D eigenvalue weighted by atomic mass is 16.4. The first-order valence-electron chi connectivity index (χ1n) is 4.29. The standard InChI is InChI=1S/C10H10N2O2/c13-9(14)6-12-8-3-1-2-7-4-5-11-10(7)8/h1-5,11-12H,6H2,(H,13,14).